The lowest BCUT2D eigenvalue weighted by Crippen LogP contribution is -2.18. The molecule has 0 radical (unpaired) electrons. The molecule has 0 saturated heterocycles. The van der Waals surface area contributed by atoms with Crippen LogP contribution in [0.3, 0.4) is 0 Å². The first kappa shape index (κ1) is 39.4. The number of allylic oxidation sites excluding steroid dienone is 12. The quantitative estimate of drug-likeness (QED) is 0.0541. The number of carboxylic acids is 1. The average molecular weight is 583 g/mol. The van der Waals surface area contributed by atoms with Crippen LogP contribution in [0.2, 0.25) is 0 Å². The van der Waals surface area contributed by atoms with Gasteiger partial charge in [0.15, 0.2) is 0 Å². The fraction of sp³-hybridized carbons (Fsp3) is 0.632. The van der Waals surface area contributed by atoms with E-state index < -0.39 is 5.97 Å². The lowest BCUT2D eigenvalue weighted by Gasteiger charge is -2.17. The molecule has 4 nitrogen and oxygen atoms in total. The van der Waals surface area contributed by atoms with Crippen molar-refractivity contribution >= 4 is 11.9 Å². The molecule has 1 N–H and O–H groups in total. The summed E-state index contributed by atoms with van der Waals surface area (Å²) in [6.45, 7) is 4.33. The summed E-state index contributed by atoms with van der Waals surface area (Å²) in [5, 5.41) is 8.68. The van der Waals surface area contributed by atoms with E-state index in [1.54, 1.807) is 0 Å². The largest absolute Gasteiger partial charge is 0.481 e. The van der Waals surface area contributed by atoms with Crippen LogP contribution in [0.25, 0.3) is 0 Å². The van der Waals surface area contributed by atoms with E-state index in [0.29, 0.717) is 12.8 Å². The van der Waals surface area contributed by atoms with Crippen LogP contribution >= 0.6 is 0 Å². The summed E-state index contributed by atoms with van der Waals surface area (Å²) in [5.74, 6) is -0.765. The highest BCUT2D eigenvalue weighted by molar-refractivity contribution is 5.69. The molecule has 0 rings (SSSR count). The number of aliphatic carboxylic acids is 1. The molecule has 0 aromatic heterocycles. The normalized spacial score (nSPS) is 13.2. The molecule has 0 aliphatic carbocycles. The highest BCUT2D eigenvalue weighted by Gasteiger charge is 2.13. The van der Waals surface area contributed by atoms with Crippen LogP contribution in [-0.2, 0) is 14.3 Å². The highest BCUT2D eigenvalue weighted by Crippen LogP contribution is 2.17. The Labute approximate surface area is 258 Å². The topological polar surface area (TPSA) is 63.6 Å². The third-order valence-electron chi connectivity index (χ3n) is 6.96. The van der Waals surface area contributed by atoms with E-state index in [0.717, 1.165) is 96.3 Å². The van der Waals surface area contributed by atoms with Crippen molar-refractivity contribution in [2.24, 2.45) is 0 Å². The van der Waals surface area contributed by atoms with Crippen LogP contribution in [0.1, 0.15) is 149 Å². The number of rotatable bonds is 29. The lowest BCUT2D eigenvalue weighted by atomic mass is 10.0. The van der Waals surface area contributed by atoms with Crippen molar-refractivity contribution in [1.82, 2.24) is 0 Å². The zero-order chi connectivity index (χ0) is 30.8. The van der Waals surface area contributed by atoms with Crippen LogP contribution in [0, 0.1) is 0 Å². The Morgan fingerprint density at radius 3 is 1.45 bits per heavy atom. The zero-order valence-electron chi connectivity index (χ0n) is 27.0. The first-order valence-corrected chi connectivity index (χ1v) is 16.9. The van der Waals surface area contributed by atoms with Gasteiger partial charge in [0.05, 0.1) is 0 Å². The van der Waals surface area contributed by atoms with Gasteiger partial charge in [0.2, 0.25) is 0 Å². The summed E-state index contributed by atoms with van der Waals surface area (Å²) in [5.41, 5.74) is 0. The van der Waals surface area contributed by atoms with Crippen LogP contribution in [0.4, 0.5) is 0 Å². The molecule has 0 heterocycles. The van der Waals surface area contributed by atoms with E-state index in [9.17, 15) is 9.59 Å². The van der Waals surface area contributed by atoms with Gasteiger partial charge in [-0.05, 0) is 70.6 Å². The second-order valence-electron chi connectivity index (χ2n) is 11.0. The third kappa shape index (κ3) is 31.9. The van der Waals surface area contributed by atoms with Gasteiger partial charge in [-0.3, -0.25) is 9.59 Å². The number of carbonyl (C=O) groups excluding carboxylic acids is 1. The zero-order valence-corrected chi connectivity index (χ0v) is 27.0. The number of carbonyl (C=O) groups is 2. The number of esters is 1. The first-order valence-electron chi connectivity index (χ1n) is 16.9. The van der Waals surface area contributed by atoms with Gasteiger partial charge in [-0.2, -0.15) is 0 Å². The van der Waals surface area contributed by atoms with Gasteiger partial charge in [-0.25, -0.2) is 0 Å². The molecule has 0 aromatic carbocycles. The molecule has 0 aliphatic heterocycles. The molecule has 0 amide bonds. The minimum absolute atomic E-state index is 0.0544. The molecule has 0 aromatic rings. The monoisotopic (exact) mass is 582 g/mol. The number of hydrogen-bond donors (Lipinski definition) is 1. The van der Waals surface area contributed by atoms with Gasteiger partial charge in [-0.15, -0.1) is 0 Å². The molecule has 42 heavy (non-hydrogen) atoms. The van der Waals surface area contributed by atoms with Gasteiger partial charge >= 0.3 is 11.9 Å². The van der Waals surface area contributed by atoms with Gasteiger partial charge in [0, 0.05) is 12.8 Å². The van der Waals surface area contributed by atoms with Crippen molar-refractivity contribution in [3.05, 3.63) is 72.9 Å². The second-order valence-corrected chi connectivity index (χ2v) is 11.0. The van der Waals surface area contributed by atoms with Crippen molar-refractivity contribution in [2.45, 2.75) is 155 Å². The number of carboxylic acid groups (broad SMARTS) is 1. The Morgan fingerprint density at radius 1 is 0.548 bits per heavy atom. The minimum atomic E-state index is -0.693. The Balaban J connectivity index is 3.88. The highest BCUT2D eigenvalue weighted by atomic mass is 16.5. The molecule has 0 bridgehead atoms. The summed E-state index contributed by atoms with van der Waals surface area (Å²) in [6.07, 6.45) is 46.7. The Hall–Kier alpha value is -2.62. The summed E-state index contributed by atoms with van der Waals surface area (Å²) < 4.78 is 5.83. The van der Waals surface area contributed by atoms with E-state index in [-0.39, 0.29) is 12.1 Å². The van der Waals surface area contributed by atoms with Crippen LogP contribution in [0.15, 0.2) is 72.9 Å². The lowest BCUT2D eigenvalue weighted by molar-refractivity contribution is -0.149. The third-order valence-corrected chi connectivity index (χ3v) is 6.96. The number of hydrogen-bond acceptors (Lipinski definition) is 3. The van der Waals surface area contributed by atoms with E-state index in [2.05, 4.69) is 86.8 Å². The fourth-order valence-electron chi connectivity index (χ4n) is 4.49. The Kier molecular flexibility index (Phi) is 30.8. The maximum Gasteiger partial charge on any atom is 0.306 e. The predicted octanol–water partition coefficient (Wildman–Crippen LogP) is 11.6. The fourth-order valence-corrected chi connectivity index (χ4v) is 4.49. The van der Waals surface area contributed by atoms with Gasteiger partial charge in [0.25, 0.3) is 0 Å². The Morgan fingerprint density at radius 2 is 0.976 bits per heavy atom. The SMILES string of the molecule is CC/C=C\C/C=C\C/C=C\C/C=C\C/C=C\C/C=C\CCC(=O)OC(CCCC)CCCCCCCCCCC(=O)O. The molecule has 0 fully saturated rings. The first-order chi connectivity index (χ1) is 20.6. The molecule has 4 heteroatoms. The minimum Gasteiger partial charge on any atom is -0.481 e. The summed E-state index contributed by atoms with van der Waals surface area (Å²) >= 11 is 0. The summed E-state index contributed by atoms with van der Waals surface area (Å²) in [6, 6.07) is 0. The molecule has 0 aliphatic rings. The molecule has 1 atom stereocenters. The van der Waals surface area contributed by atoms with Gasteiger partial charge in [-0.1, -0.05) is 138 Å². The number of unbranched alkanes of at least 4 members (excludes halogenated alkanes) is 8. The van der Waals surface area contributed by atoms with E-state index >= 15 is 0 Å². The van der Waals surface area contributed by atoms with E-state index in [1.807, 2.05) is 0 Å². The molecule has 0 spiro atoms. The van der Waals surface area contributed by atoms with Crippen molar-refractivity contribution in [2.75, 3.05) is 0 Å². The predicted molar refractivity (Wildman–Crippen MR) is 181 cm³/mol. The molecular formula is C38H62O4. The molecule has 1 unspecified atom stereocenters. The van der Waals surface area contributed by atoms with Crippen molar-refractivity contribution in [3.63, 3.8) is 0 Å². The smallest absolute Gasteiger partial charge is 0.306 e. The van der Waals surface area contributed by atoms with Crippen molar-refractivity contribution in [3.8, 4) is 0 Å². The van der Waals surface area contributed by atoms with Crippen molar-refractivity contribution in [1.29, 1.82) is 0 Å². The van der Waals surface area contributed by atoms with Gasteiger partial charge < -0.3 is 9.84 Å². The van der Waals surface area contributed by atoms with Crippen LogP contribution < -0.4 is 0 Å². The van der Waals surface area contributed by atoms with Crippen LogP contribution in [0.5, 0.6) is 0 Å². The number of ether oxygens (including phenoxy) is 1. The van der Waals surface area contributed by atoms with Crippen LogP contribution in [-0.4, -0.2) is 23.1 Å². The molecule has 0 saturated carbocycles. The summed E-state index contributed by atoms with van der Waals surface area (Å²) in [7, 11) is 0. The second kappa shape index (κ2) is 32.9. The van der Waals surface area contributed by atoms with E-state index in [4.69, 9.17) is 9.84 Å². The standard InChI is InChI=1S/C38H62O4/c1-3-5-7-8-9-10-11-12-13-14-15-16-17-18-19-20-25-28-31-35-38(41)42-36(32-6-4-2)33-29-26-23-21-22-24-27-30-34-37(39)40/h5,7,9-10,12-13,15-16,18-19,25,28,36H,3-4,6,8,11,14,17,20-24,26-27,29-35H2,1-2H3,(H,39,40)/b7-5-,10-9-,13-12-,16-15-,19-18-,28-25-. The summed E-state index contributed by atoms with van der Waals surface area (Å²) in [4.78, 5) is 22.9. The maximum atomic E-state index is 12.4. The maximum absolute atomic E-state index is 12.4. The van der Waals surface area contributed by atoms with Crippen molar-refractivity contribution < 1.29 is 19.4 Å². The Bertz CT molecular complexity index is 800. The molecule has 238 valence electrons. The average Bonchev–Trinajstić information content (AvgIpc) is 2.97. The van der Waals surface area contributed by atoms with Gasteiger partial charge in [0.1, 0.15) is 6.10 Å². The molecular weight excluding hydrogens is 520 g/mol. The van der Waals surface area contributed by atoms with E-state index in [1.165, 1.54) is 25.7 Å².